The molecule has 0 atom stereocenters. The molecule has 0 amide bonds. The molecular weight excluding hydrogens is 200 g/mol. The molecular formula is C12H16N4. The standard InChI is InChI=1S/C12H16N4/c1-9-4-5-10(6-15-9)16-8-14-7-11(16)12(2,3)13/h4-8H,13H2,1-3H3. The summed E-state index contributed by atoms with van der Waals surface area (Å²) in [6.45, 7) is 5.88. The fourth-order valence-corrected chi connectivity index (χ4v) is 1.58. The first kappa shape index (κ1) is 10.8. The van der Waals surface area contributed by atoms with Crippen molar-refractivity contribution in [2.75, 3.05) is 0 Å². The van der Waals surface area contributed by atoms with Crippen molar-refractivity contribution in [1.82, 2.24) is 14.5 Å². The van der Waals surface area contributed by atoms with Crippen LogP contribution in [0.2, 0.25) is 0 Å². The molecule has 2 aromatic heterocycles. The Kier molecular flexibility index (Phi) is 2.52. The van der Waals surface area contributed by atoms with Gasteiger partial charge in [-0.15, -0.1) is 0 Å². The van der Waals surface area contributed by atoms with Gasteiger partial charge in [0.1, 0.15) is 0 Å². The van der Waals surface area contributed by atoms with Crippen LogP contribution < -0.4 is 5.73 Å². The van der Waals surface area contributed by atoms with E-state index in [1.54, 1.807) is 12.5 Å². The Hall–Kier alpha value is -1.68. The predicted molar refractivity (Wildman–Crippen MR) is 63.3 cm³/mol. The predicted octanol–water partition coefficient (Wildman–Crippen LogP) is 1.77. The number of nitrogens with two attached hydrogens (primary N) is 1. The summed E-state index contributed by atoms with van der Waals surface area (Å²) in [4.78, 5) is 8.41. The van der Waals surface area contributed by atoms with Gasteiger partial charge in [-0.2, -0.15) is 0 Å². The highest BCUT2D eigenvalue weighted by atomic mass is 15.1. The molecule has 0 saturated carbocycles. The Balaban J connectivity index is 2.49. The molecule has 0 saturated heterocycles. The number of nitrogens with zero attached hydrogens (tertiary/aromatic N) is 3. The summed E-state index contributed by atoms with van der Waals surface area (Å²) in [5, 5.41) is 0. The third-order valence-electron chi connectivity index (χ3n) is 2.47. The van der Waals surface area contributed by atoms with E-state index in [1.165, 1.54) is 0 Å². The second kappa shape index (κ2) is 3.72. The fourth-order valence-electron chi connectivity index (χ4n) is 1.58. The summed E-state index contributed by atoms with van der Waals surface area (Å²) in [6.07, 6.45) is 5.38. The molecule has 2 heterocycles. The largest absolute Gasteiger partial charge is 0.321 e. The van der Waals surface area contributed by atoms with E-state index in [4.69, 9.17) is 5.73 Å². The minimum atomic E-state index is -0.415. The number of pyridine rings is 1. The highest BCUT2D eigenvalue weighted by Gasteiger charge is 2.19. The molecule has 4 heteroatoms. The maximum Gasteiger partial charge on any atom is 0.0995 e. The highest BCUT2D eigenvalue weighted by Crippen LogP contribution is 2.19. The van der Waals surface area contributed by atoms with E-state index in [2.05, 4.69) is 9.97 Å². The molecule has 16 heavy (non-hydrogen) atoms. The number of aryl methyl sites for hydroxylation is 1. The Labute approximate surface area is 95.1 Å². The summed E-state index contributed by atoms with van der Waals surface area (Å²) < 4.78 is 1.96. The van der Waals surface area contributed by atoms with Gasteiger partial charge in [0.25, 0.3) is 0 Å². The van der Waals surface area contributed by atoms with Crippen molar-refractivity contribution in [2.45, 2.75) is 26.3 Å². The van der Waals surface area contributed by atoms with Crippen molar-refractivity contribution < 1.29 is 0 Å². The topological polar surface area (TPSA) is 56.7 Å². The maximum absolute atomic E-state index is 6.09. The Morgan fingerprint density at radius 2 is 2.00 bits per heavy atom. The van der Waals surface area contributed by atoms with Crippen LogP contribution in [-0.4, -0.2) is 14.5 Å². The van der Waals surface area contributed by atoms with Gasteiger partial charge in [-0.25, -0.2) is 4.98 Å². The molecule has 4 nitrogen and oxygen atoms in total. The lowest BCUT2D eigenvalue weighted by Crippen LogP contribution is -2.31. The van der Waals surface area contributed by atoms with Gasteiger partial charge >= 0.3 is 0 Å². The second-order valence-electron chi connectivity index (χ2n) is 4.53. The Bertz CT molecular complexity index is 476. The van der Waals surface area contributed by atoms with Gasteiger partial charge in [-0.1, -0.05) is 0 Å². The minimum Gasteiger partial charge on any atom is -0.321 e. The Morgan fingerprint density at radius 1 is 1.25 bits per heavy atom. The van der Waals surface area contributed by atoms with Crippen LogP contribution in [0.5, 0.6) is 0 Å². The van der Waals surface area contributed by atoms with E-state index in [0.29, 0.717) is 0 Å². The van der Waals surface area contributed by atoms with Crippen LogP contribution in [0.4, 0.5) is 0 Å². The SMILES string of the molecule is Cc1ccc(-n2cncc2C(C)(C)N)cn1. The van der Waals surface area contributed by atoms with E-state index in [9.17, 15) is 0 Å². The van der Waals surface area contributed by atoms with Gasteiger partial charge in [0, 0.05) is 5.69 Å². The van der Waals surface area contributed by atoms with Crippen molar-refractivity contribution >= 4 is 0 Å². The van der Waals surface area contributed by atoms with Crippen molar-refractivity contribution in [3.8, 4) is 5.69 Å². The average Bonchev–Trinajstić information content (AvgIpc) is 2.66. The summed E-state index contributed by atoms with van der Waals surface area (Å²) in [5.41, 5.74) is 8.62. The lowest BCUT2D eigenvalue weighted by Gasteiger charge is -2.20. The van der Waals surface area contributed by atoms with Crippen LogP contribution in [0.1, 0.15) is 25.2 Å². The first-order chi connectivity index (χ1) is 7.48. The van der Waals surface area contributed by atoms with Gasteiger partial charge < -0.3 is 5.73 Å². The smallest absolute Gasteiger partial charge is 0.0995 e. The zero-order chi connectivity index (χ0) is 11.8. The molecule has 0 aromatic carbocycles. The molecule has 0 fully saturated rings. The fraction of sp³-hybridized carbons (Fsp3) is 0.333. The van der Waals surface area contributed by atoms with Gasteiger partial charge in [-0.05, 0) is 32.9 Å². The van der Waals surface area contributed by atoms with E-state index in [0.717, 1.165) is 17.1 Å². The summed E-state index contributed by atoms with van der Waals surface area (Å²) >= 11 is 0. The van der Waals surface area contributed by atoms with Crippen LogP contribution in [0, 0.1) is 6.92 Å². The third-order valence-corrected chi connectivity index (χ3v) is 2.47. The molecule has 2 rings (SSSR count). The van der Waals surface area contributed by atoms with E-state index in [1.807, 2.05) is 43.7 Å². The summed E-state index contributed by atoms with van der Waals surface area (Å²) in [7, 11) is 0. The number of hydrogen-bond donors (Lipinski definition) is 1. The van der Waals surface area contributed by atoms with Crippen molar-refractivity contribution in [1.29, 1.82) is 0 Å². The maximum atomic E-state index is 6.09. The van der Waals surface area contributed by atoms with Crippen molar-refractivity contribution in [2.24, 2.45) is 5.73 Å². The van der Waals surface area contributed by atoms with Crippen LogP contribution in [0.25, 0.3) is 5.69 Å². The van der Waals surface area contributed by atoms with E-state index in [-0.39, 0.29) is 0 Å². The number of aromatic nitrogens is 3. The average molecular weight is 216 g/mol. The molecule has 0 bridgehead atoms. The van der Waals surface area contributed by atoms with Crippen LogP contribution in [0.15, 0.2) is 30.9 Å². The molecule has 0 aliphatic heterocycles. The second-order valence-corrected chi connectivity index (χ2v) is 4.53. The molecule has 0 radical (unpaired) electrons. The quantitative estimate of drug-likeness (QED) is 0.832. The molecule has 0 unspecified atom stereocenters. The van der Waals surface area contributed by atoms with Crippen molar-refractivity contribution in [3.63, 3.8) is 0 Å². The van der Waals surface area contributed by atoms with Crippen molar-refractivity contribution in [3.05, 3.63) is 42.2 Å². The molecule has 2 N–H and O–H groups in total. The van der Waals surface area contributed by atoms with E-state index < -0.39 is 5.54 Å². The molecule has 2 aromatic rings. The molecule has 0 aliphatic rings. The zero-order valence-corrected chi connectivity index (χ0v) is 9.81. The monoisotopic (exact) mass is 216 g/mol. The van der Waals surface area contributed by atoms with Crippen LogP contribution >= 0.6 is 0 Å². The number of rotatable bonds is 2. The minimum absolute atomic E-state index is 0.415. The van der Waals surface area contributed by atoms with Gasteiger partial charge in [-0.3, -0.25) is 9.55 Å². The lowest BCUT2D eigenvalue weighted by atomic mass is 10.0. The molecule has 0 spiro atoms. The van der Waals surface area contributed by atoms with Crippen LogP contribution in [0.3, 0.4) is 0 Å². The normalized spacial score (nSPS) is 11.8. The van der Waals surface area contributed by atoms with Gasteiger partial charge in [0.15, 0.2) is 0 Å². The number of imidazole rings is 1. The van der Waals surface area contributed by atoms with Gasteiger partial charge in [0.2, 0.25) is 0 Å². The van der Waals surface area contributed by atoms with Crippen LogP contribution in [-0.2, 0) is 5.54 Å². The van der Waals surface area contributed by atoms with E-state index >= 15 is 0 Å². The summed E-state index contributed by atoms with van der Waals surface area (Å²) in [5.74, 6) is 0. The highest BCUT2D eigenvalue weighted by molar-refractivity contribution is 5.33. The Morgan fingerprint density at radius 3 is 2.56 bits per heavy atom. The molecule has 84 valence electrons. The lowest BCUT2D eigenvalue weighted by molar-refractivity contribution is 0.524. The van der Waals surface area contributed by atoms with Gasteiger partial charge in [0.05, 0.1) is 35.6 Å². The first-order valence-electron chi connectivity index (χ1n) is 5.23. The number of hydrogen-bond acceptors (Lipinski definition) is 3. The summed E-state index contributed by atoms with van der Waals surface area (Å²) in [6, 6.07) is 3.99. The third kappa shape index (κ3) is 1.97. The zero-order valence-electron chi connectivity index (χ0n) is 9.81. The molecule has 0 aliphatic carbocycles. The first-order valence-corrected chi connectivity index (χ1v) is 5.23.